The SMILES string of the molecule is CC(NCCC1CCCC1)C1CC2C=CC1C2. The van der Waals surface area contributed by atoms with E-state index < -0.39 is 0 Å². The summed E-state index contributed by atoms with van der Waals surface area (Å²) in [6, 6.07) is 0.733. The number of allylic oxidation sites excluding steroid dienone is 2. The summed E-state index contributed by atoms with van der Waals surface area (Å²) in [7, 11) is 0. The summed E-state index contributed by atoms with van der Waals surface area (Å²) < 4.78 is 0. The summed E-state index contributed by atoms with van der Waals surface area (Å²) in [6.07, 6.45) is 15.2. The Balaban J connectivity index is 1.38. The van der Waals surface area contributed by atoms with Crippen molar-refractivity contribution in [3.05, 3.63) is 12.2 Å². The minimum atomic E-state index is 0.733. The van der Waals surface area contributed by atoms with Crippen LogP contribution in [-0.4, -0.2) is 12.6 Å². The lowest BCUT2D eigenvalue weighted by atomic mass is 9.87. The monoisotopic (exact) mass is 233 g/mol. The Labute approximate surface area is 106 Å². The Bertz CT molecular complexity index is 277. The molecule has 1 nitrogen and oxygen atoms in total. The van der Waals surface area contributed by atoms with Crippen LogP contribution in [0.15, 0.2) is 12.2 Å². The first kappa shape index (κ1) is 11.8. The standard InChI is InChI=1S/C16H27N/c1-12(16-11-14-6-7-15(16)10-14)17-9-8-13-4-2-3-5-13/h6-7,12-17H,2-5,8-11H2,1H3. The first-order valence-corrected chi connectivity index (χ1v) is 7.74. The molecule has 0 aromatic heterocycles. The lowest BCUT2D eigenvalue weighted by molar-refractivity contribution is 0.318. The molecule has 2 fully saturated rings. The van der Waals surface area contributed by atoms with Gasteiger partial charge in [0.25, 0.3) is 0 Å². The van der Waals surface area contributed by atoms with E-state index in [1.807, 2.05) is 0 Å². The van der Waals surface area contributed by atoms with Crippen LogP contribution in [0.2, 0.25) is 0 Å². The van der Waals surface area contributed by atoms with Gasteiger partial charge in [0.05, 0.1) is 0 Å². The second kappa shape index (κ2) is 5.14. The molecule has 0 spiro atoms. The molecule has 3 aliphatic rings. The lowest BCUT2D eigenvalue weighted by Crippen LogP contribution is -2.36. The third-order valence-electron chi connectivity index (χ3n) is 5.47. The number of hydrogen-bond donors (Lipinski definition) is 1. The molecule has 17 heavy (non-hydrogen) atoms. The van der Waals surface area contributed by atoms with Gasteiger partial charge in [-0.3, -0.25) is 0 Å². The van der Waals surface area contributed by atoms with Gasteiger partial charge in [-0.2, -0.15) is 0 Å². The first-order valence-electron chi connectivity index (χ1n) is 7.74. The molecule has 4 unspecified atom stereocenters. The molecule has 1 N–H and O–H groups in total. The summed E-state index contributed by atoms with van der Waals surface area (Å²) >= 11 is 0. The highest BCUT2D eigenvalue weighted by Crippen LogP contribution is 2.44. The minimum absolute atomic E-state index is 0.733. The van der Waals surface area contributed by atoms with Crippen molar-refractivity contribution in [3.8, 4) is 0 Å². The number of rotatable bonds is 5. The molecule has 3 aliphatic carbocycles. The molecule has 0 saturated heterocycles. The molecule has 0 aliphatic heterocycles. The fourth-order valence-electron chi connectivity index (χ4n) is 4.36. The van der Waals surface area contributed by atoms with Crippen LogP contribution in [0.4, 0.5) is 0 Å². The van der Waals surface area contributed by atoms with Crippen molar-refractivity contribution in [2.75, 3.05) is 6.54 Å². The van der Waals surface area contributed by atoms with E-state index in [9.17, 15) is 0 Å². The molecule has 0 aromatic carbocycles. The van der Waals surface area contributed by atoms with Crippen molar-refractivity contribution in [1.29, 1.82) is 0 Å². The highest BCUT2D eigenvalue weighted by Gasteiger charge is 2.38. The van der Waals surface area contributed by atoms with E-state index in [2.05, 4.69) is 24.4 Å². The van der Waals surface area contributed by atoms with E-state index in [1.165, 1.54) is 51.5 Å². The van der Waals surface area contributed by atoms with E-state index in [4.69, 9.17) is 0 Å². The van der Waals surface area contributed by atoms with Gasteiger partial charge in [0, 0.05) is 6.04 Å². The zero-order valence-corrected chi connectivity index (χ0v) is 11.2. The molecule has 1 heteroatoms. The Hall–Kier alpha value is -0.300. The van der Waals surface area contributed by atoms with Gasteiger partial charge in [0.2, 0.25) is 0 Å². The van der Waals surface area contributed by atoms with Crippen molar-refractivity contribution in [1.82, 2.24) is 5.32 Å². The molecule has 3 rings (SSSR count). The van der Waals surface area contributed by atoms with Gasteiger partial charge in [-0.15, -0.1) is 0 Å². The number of nitrogens with one attached hydrogen (secondary N) is 1. The number of hydrogen-bond acceptors (Lipinski definition) is 1. The second-order valence-electron chi connectivity index (χ2n) is 6.63. The van der Waals surface area contributed by atoms with Gasteiger partial charge in [0.1, 0.15) is 0 Å². The predicted octanol–water partition coefficient (Wildman–Crippen LogP) is 3.76. The van der Waals surface area contributed by atoms with Crippen LogP contribution in [-0.2, 0) is 0 Å². The molecule has 4 atom stereocenters. The van der Waals surface area contributed by atoms with Crippen LogP contribution >= 0.6 is 0 Å². The molecule has 2 saturated carbocycles. The normalized spacial score (nSPS) is 38.1. The maximum Gasteiger partial charge on any atom is 0.00728 e. The zero-order valence-electron chi connectivity index (χ0n) is 11.2. The van der Waals surface area contributed by atoms with Crippen molar-refractivity contribution >= 4 is 0 Å². The maximum atomic E-state index is 3.80. The largest absolute Gasteiger partial charge is 0.314 e. The molecule has 0 aromatic rings. The van der Waals surface area contributed by atoms with E-state index in [0.29, 0.717) is 0 Å². The fraction of sp³-hybridized carbons (Fsp3) is 0.875. The zero-order chi connectivity index (χ0) is 11.7. The average Bonchev–Trinajstić information content (AvgIpc) is 3.05. The molecule has 0 radical (unpaired) electrons. The van der Waals surface area contributed by atoms with Crippen molar-refractivity contribution in [2.24, 2.45) is 23.7 Å². The highest BCUT2D eigenvalue weighted by molar-refractivity contribution is 5.11. The van der Waals surface area contributed by atoms with Crippen LogP contribution < -0.4 is 5.32 Å². The summed E-state index contributed by atoms with van der Waals surface area (Å²) in [5.41, 5.74) is 0. The van der Waals surface area contributed by atoms with Crippen LogP contribution in [0.25, 0.3) is 0 Å². The van der Waals surface area contributed by atoms with Crippen molar-refractivity contribution in [3.63, 3.8) is 0 Å². The summed E-state index contributed by atoms with van der Waals surface area (Å²) in [5, 5.41) is 3.80. The molecule has 0 heterocycles. The summed E-state index contributed by atoms with van der Waals surface area (Å²) in [5.74, 6) is 3.78. The van der Waals surface area contributed by atoms with Gasteiger partial charge >= 0.3 is 0 Å². The average molecular weight is 233 g/mol. The lowest BCUT2D eigenvalue weighted by Gasteiger charge is -2.26. The first-order chi connectivity index (χ1) is 8.33. The van der Waals surface area contributed by atoms with Gasteiger partial charge in [0.15, 0.2) is 0 Å². The second-order valence-corrected chi connectivity index (χ2v) is 6.63. The van der Waals surface area contributed by atoms with E-state index in [-0.39, 0.29) is 0 Å². The van der Waals surface area contributed by atoms with Crippen LogP contribution in [0.5, 0.6) is 0 Å². The molecular formula is C16H27N. The topological polar surface area (TPSA) is 12.0 Å². The van der Waals surface area contributed by atoms with Gasteiger partial charge in [-0.25, -0.2) is 0 Å². The Kier molecular flexibility index (Phi) is 3.56. The third-order valence-corrected chi connectivity index (χ3v) is 5.47. The Morgan fingerprint density at radius 2 is 2.00 bits per heavy atom. The van der Waals surface area contributed by atoms with Crippen LogP contribution in [0.1, 0.15) is 51.9 Å². The van der Waals surface area contributed by atoms with Crippen molar-refractivity contribution in [2.45, 2.75) is 57.9 Å². The van der Waals surface area contributed by atoms with Crippen molar-refractivity contribution < 1.29 is 0 Å². The third kappa shape index (κ3) is 2.59. The maximum absolute atomic E-state index is 3.80. The molecular weight excluding hydrogens is 206 g/mol. The highest BCUT2D eigenvalue weighted by atomic mass is 14.9. The molecule has 96 valence electrons. The van der Waals surface area contributed by atoms with E-state index in [0.717, 1.165) is 29.7 Å². The van der Waals surface area contributed by atoms with E-state index in [1.54, 1.807) is 0 Å². The Morgan fingerprint density at radius 3 is 2.65 bits per heavy atom. The smallest absolute Gasteiger partial charge is 0.00728 e. The fourth-order valence-corrected chi connectivity index (χ4v) is 4.36. The van der Waals surface area contributed by atoms with Gasteiger partial charge < -0.3 is 5.32 Å². The number of fused-ring (bicyclic) bond motifs is 2. The van der Waals surface area contributed by atoms with Gasteiger partial charge in [-0.1, -0.05) is 37.8 Å². The predicted molar refractivity (Wildman–Crippen MR) is 72.9 cm³/mol. The summed E-state index contributed by atoms with van der Waals surface area (Å²) in [6.45, 7) is 3.66. The summed E-state index contributed by atoms with van der Waals surface area (Å²) in [4.78, 5) is 0. The molecule has 2 bridgehead atoms. The van der Waals surface area contributed by atoms with Crippen LogP contribution in [0, 0.1) is 23.7 Å². The van der Waals surface area contributed by atoms with Gasteiger partial charge in [-0.05, 0) is 56.4 Å². The quantitative estimate of drug-likeness (QED) is 0.713. The molecule has 0 amide bonds. The Morgan fingerprint density at radius 1 is 1.18 bits per heavy atom. The minimum Gasteiger partial charge on any atom is -0.314 e. The van der Waals surface area contributed by atoms with Crippen LogP contribution in [0.3, 0.4) is 0 Å². The van der Waals surface area contributed by atoms with E-state index >= 15 is 0 Å².